The van der Waals surface area contributed by atoms with Crippen molar-refractivity contribution in [2.75, 3.05) is 37.4 Å². The highest BCUT2D eigenvalue weighted by atomic mass is 35.5. The van der Waals surface area contributed by atoms with E-state index in [2.05, 4.69) is 20.5 Å². The van der Waals surface area contributed by atoms with Crippen molar-refractivity contribution < 1.29 is 9.59 Å². The van der Waals surface area contributed by atoms with E-state index in [0.29, 0.717) is 27.6 Å². The Morgan fingerprint density at radius 1 is 1.18 bits per heavy atom. The molecular weight excluding hydrogens is 475 g/mol. The van der Waals surface area contributed by atoms with Crippen molar-refractivity contribution >= 4 is 52.4 Å². The van der Waals surface area contributed by atoms with E-state index in [0.717, 1.165) is 24.2 Å². The molecule has 0 radical (unpaired) electrons. The number of likely N-dealkylation sites (N-methyl/N-ethyl adjacent to an activating group) is 1. The number of piperidine rings is 1. The number of carbonyl (C=O) groups is 2. The first-order chi connectivity index (χ1) is 16.2. The molecule has 2 amide bonds. The number of hydrogen-bond acceptors (Lipinski definition) is 4. The van der Waals surface area contributed by atoms with Crippen molar-refractivity contribution in [1.82, 2.24) is 10.2 Å². The molecule has 4 rings (SSSR count). The number of amides is 2. The molecule has 2 aliphatic rings. The van der Waals surface area contributed by atoms with Gasteiger partial charge in [0.25, 0.3) is 5.91 Å². The van der Waals surface area contributed by atoms with Crippen molar-refractivity contribution in [2.45, 2.75) is 19.0 Å². The molecule has 1 aliphatic heterocycles. The fraction of sp³-hybridized carbons (Fsp3) is 0.375. The van der Waals surface area contributed by atoms with E-state index in [1.807, 2.05) is 30.3 Å². The van der Waals surface area contributed by atoms with Gasteiger partial charge in [0.1, 0.15) is 6.04 Å². The van der Waals surface area contributed by atoms with E-state index in [9.17, 15) is 9.59 Å². The number of nitrogens with two attached hydrogens (primary N) is 1. The van der Waals surface area contributed by atoms with Gasteiger partial charge in [-0.1, -0.05) is 41.4 Å². The van der Waals surface area contributed by atoms with Gasteiger partial charge >= 0.3 is 0 Å². The summed E-state index contributed by atoms with van der Waals surface area (Å²) in [7, 11) is 3.59. The summed E-state index contributed by atoms with van der Waals surface area (Å²) in [5.74, 6) is 0.451. The van der Waals surface area contributed by atoms with Crippen LogP contribution in [0.5, 0.6) is 0 Å². The number of benzene rings is 2. The number of aliphatic imine (C=N–C) groups is 1. The van der Waals surface area contributed by atoms with Crippen LogP contribution in [0.25, 0.3) is 0 Å². The fourth-order valence-corrected chi connectivity index (χ4v) is 5.02. The van der Waals surface area contributed by atoms with E-state index >= 15 is 0 Å². The van der Waals surface area contributed by atoms with Crippen molar-refractivity contribution in [1.29, 1.82) is 0 Å². The van der Waals surface area contributed by atoms with Crippen LogP contribution in [0.3, 0.4) is 0 Å². The molecule has 8 nitrogen and oxygen atoms in total. The molecule has 0 spiro atoms. The van der Waals surface area contributed by atoms with E-state index in [1.54, 1.807) is 31.1 Å². The summed E-state index contributed by atoms with van der Waals surface area (Å²) >= 11 is 12.7. The van der Waals surface area contributed by atoms with Gasteiger partial charge in [-0.2, -0.15) is 4.99 Å². The van der Waals surface area contributed by atoms with Crippen LogP contribution in [-0.4, -0.2) is 55.9 Å². The number of halogens is 2. The second-order valence-electron chi connectivity index (χ2n) is 9.00. The third-order valence-corrected chi connectivity index (χ3v) is 6.62. The normalized spacial score (nSPS) is 21.4. The van der Waals surface area contributed by atoms with Crippen molar-refractivity contribution in [2.24, 2.45) is 22.6 Å². The van der Waals surface area contributed by atoms with E-state index in [-0.39, 0.29) is 36.9 Å². The lowest BCUT2D eigenvalue weighted by Gasteiger charge is -2.27. The Kier molecular flexibility index (Phi) is 7.30. The van der Waals surface area contributed by atoms with Crippen LogP contribution in [0.2, 0.25) is 10.0 Å². The molecule has 0 aromatic heterocycles. The molecule has 1 saturated heterocycles. The third kappa shape index (κ3) is 5.63. The topological polar surface area (TPSA) is 103 Å². The van der Waals surface area contributed by atoms with Crippen molar-refractivity contribution in [3.63, 3.8) is 0 Å². The Hall–Kier alpha value is -2.81. The summed E-state index contributed by atoms with van der Waals surface area (Å²) < 4.78 is 0. The first-order valence-electron chi connectivity index (χ1n) is 11.1. The highest BCUT2D eigenvalue weighted by molar-refractivity contribution is 6.39. The van der Waals surface area contributed by atoms with Gasteiger partial charge in [-0.3, -0.25) is 9.59 Å². The predicted molar refractivity (Wildman–Crippen MR) is 136 cm³/mol. The minimum atomic E-state index is -0.290. The molecule has 2 aromatic carbocycles. The van der Waals surface area contributed by atoms with Gasteiger partial charge < -0.3 is 26.2 Å². The molecule has 10 heteroatoms. The maximum absolute atomic E-state index is 13.0. The second kappa shape index (κ2) is 10.2. The number of rotatable bonds is 7. The van der Waals surface area contributed by atoms with E-state index < -0.39 is 0 Å². The Bertz CT molecular complexity index is 1080. The standard InChI is InChI=1S/C24H28Cl2N6O2/c1-31(2)13-20(33)29-21-18(25)8-14(9-19(21)26)11-28-24(27)30-23(34)22-17-10-15(17)12-32(22)16-6-4-3-5-7-16/h3-9,15,17,22H,10-13H2,1-2H3,(H,29,33)(H3,27,28,30,34)/t15-,17-,22?/m1/s1. The summed E-state index contributed by atoms with van der Waals surface area (Å²) in [5, 5.41) is 6.30. The van der Waals surface area contributed by atoms with Crippen LogP contribution in [0.4, 0.5) is 11.4 Å². The summed E-state index contributed by atoms with van der Waals surface area (Å²) in [6.07, 6.45) is 1.05. The molecule has 2 aromatic rings. The summed E-state index contributed by atoms with van der Waals surface area (Å²) in [6, 6.07) is 13.0. The highest BCUT2D eigenvalue weighted by Gasteiger charge is 2.55. The molecule has 1 unspecified atom stereocenters. The molecule has 2 fully saturated rings. The Morgan fingerprint density at radius 2 is 1.85 bits per heavy atom. The van der Waals surface area contributed by atoms with Crippen molar-refractivity contribution in [3.8, 4) is 0 Å². The van der Waals surface area contributed by atoms with Gasteiger partial charge in [0, 0.05) is 18.8 Å². The first-order valence-corrected chi connectivity index (χ1v) is 11.8. The average molecular weight is 503 g/mol. The van der Waals surface area contributed by atoms with Crippen LogP contribution in [0.1, 0.15) is 12.0 Å². The number of nitrogens with one attached hydrogen (secondary N) is 2. The smallest absolute Gasteiger partial charge is 0.271 e. The largest absolute Gasteiger partial charge is 0.370 e. The van der Waals surface area contributed by atoms with Gasteiger partial charge in [0.15, 0.2) is 5.96 Å². The fourth-order valence-electron chi connectivity index (χ4n) is 4.40. The number of para-hydroxylation sites is 1. The lowest BCUT2D eigenvalue weighted by atomic mass is 10.1. The Morgan fingerprint density at radius 3 is 2.50 bits per heavy atom. The maximum atomic E-state index is 13.0. The molecule has 1 aliphatic carbocycles. The average Bonchev–Trinajstić information content (AvgIpc) is 3.44. The lowest BCUT2D eigenvalue weighted by Crippen LogP contribution is -2.41. The number of fused-ring (bicyclic) bond motifs is 1. The van der Waals surface area contributed by atoms with Gasteiger partial charge in [0.2, 0.25) is 5.91 Å². The zero-order valence-electron chi connectivity index (χ0n) is 19.1. The number of carbonyl (C=O) groups excluding carboxylic acids is 2. The lowest BCUT2D eigenvalue weighted by molar-refractivity contribution is -0.119. The number of guanidine groups is 1. The molecule has 1 saturated carbocycles. The minimum Gasteiger partial charge on any atom is -0.370 e. The molecule has 0 bridgehead atoms. The van der Waals surface area contributed by atoms with Gasteiger partial charge in [0.05, 0.1) is 22.3 Å². The molecular formula is C24H28Cl2N6O2. The molecule has 34 heavy (non-hydrogen) atoms. The summed E-state index contributed by atoms with van der Waals surface area (Å²) in [4.78, 5) is 33.0. The number of anilines is 2. The van der Waals surface area contributed by atoms with Crippen LogP contribution >= 0.6 is 23.2 Å². The molecule has 180 valence electrons. The highest BCUT2D eigenvalue weighted by Crippen LogP contribution is 2.51. The molecule has 3 atom stereocenters. The predicted octanol–water partition coefficient (Wildman–Crippen LogP) is 2.95. The van der Waals surface area contributed by atoms with E-state index in [1.165, 1.54) is 0 Å². The minimum absolute atomic E-state index is 0.0396. The Labute approximate surface area is 209 Å². The van der Waals surface area contributed by atoms with Crippen LogP contribution < -0.4 is 21.3 Å². The second-order valence-corrected chi connectivity index (χ2v) is 9.82. The molecule has 1 heterocycles. The van der Waals surface area contributed by atoms with Gasteiger partial charge in [-0.25, -0.2) is 0 Å². The maximum Gasteiger partial charge on any atom is 0.271 e. The zero-order chi connectivity index (χ0) is 24.4. The summed E-state index contributed by atoms with van der Waals surface area (Å²) in [6.45, 7) is 1.34. The van der Waals surface area contributed by atoms with Crippen LogP contribution in [0.15, 0.2) is 47.5 Å². The number of nitrogens with zero attached hydrogens (tertiary/aromatic N) is 3. The molecule has 4 N–H and O–H groups in total. The van der Waals surface area contributed by atoms with Crippen molar-refractivity contribution in [3.05, 3.63) is 58.1 Å². The van der Waals surface area contributed by atoms with E-state index in [4.69, 9.17) is 28.9 Å². The van der Waals surface area contributed by atoms with Gasteiger partial charge in [-0.05, 0) is 62.2 Å². The zero-order valence-corrected chi connectivity index (χ0v) is 20.6. The SMILES string of the molecule is CN(C)CC(=O)Nc1c(Cl)cc(CNC(N)=NC(=O)C2[C@@H]3C[C@@H]3CN2c2ccccc2)cc1Cl. The Balaban J connectivity index is 1.38. The third-order valence-electron chi connectivity index (χ3n) is 6.02. The van der Waals surface area contributed by atoms with Crippen LogP contribution in [0, 0.1) is 11.8 Å². The summed E-state index contributed by atoms with van der Waals surface area (Å²) in [5.41, 5.74) is 8.14. The monoisotopic (exact) mass is 502 g/mol. The van der Waals surface area contributed by atoms with Crippen LogP contribution in [-0.2, 0) is 16.1 Å². The quantitative estimate of drug-likeness (QED) is 0.397. The van der Waals surface area contributed by atoms with Gasteiger partial charge in [-0.15, -0.1) is 0 Å². The first kappa shape index (κ1) is 24.3. The number of hydrogen-bond donors (Lipinski definition) is 3.